The Bertz CT molecular complexity index is 432. The van der Waals surface area contributed by atoms with Crippen LogP contribution in [0.15, 0.2) is 0 Å². The summed E-state index contributed by atoms with van der Waals surface area (Å²) in [6, 6.07) is 0. The third-order valence-electron chi connectivity index (χ3n) is 0.904. The molecule has 0 aliphatic carbocycles. The third kappa shape index (κ3) is 242. The number of rotatable bonds is 7. The van der Waals surface area contributed by atoms with Crippen molar-refractivity contribution in [1.29, 1.82) is 0 Å². The first kappa shape index (κ1) is 59.9. The molecule has 0 atom stereocenters. The Morgan fingerprint density at radius 1 is 0.324 bits per heavy atom. The van der Waals surface area contributed by atoms with Crippen LogP contribution in [-0.2, 0) is 92.5 Å². The van der Waals surface area contributed by atoms with Crippen molar-refractivity contribution in [3.05, 3.63) is 0 Å². The van der Waals surface area contributed by atoms with Crippen molar-refractivity contribution < 1.29 is 164 Å². The van der Waals surface area contributed by atoms with E-state index in [2.05, 4.69) is 0 Å². The average Bonchev–Trinajstić information content (AvgIpc) is 2.80. The summed E-state index contributed by atoms with van der Waals surface area (Å²) < 4.78 is 0. The van der Waals surface area contributed by atoms with Crippen molar-refractivity contribution in [3.63, 3.8) is 0 Å². The van der Waals surface area contributed by atoms with E-state index in [-0.39, 0.29) is 58.9 Å². The topological polar surface area (TPSA) is 423 Å². The van der Waals surface area contributed by atoms with Crippen molar-refractivity contribution in [3.8, 4) is 0 Å². The maximum absolute atomic E-state index is 9.01. The van der Waals surface area contributed by atoms with Crippen molar-refractivity contribution in [2.24, 2.45) is 0 Å². The molecule has 0 spiro atoms. The molecular formula is C14H21O21YZr. The van der Waals surface area contributed by atoms with Crippen LogP contribution in [0, 0.1) is 0 Å². The van der Waals surface area contributed by atoms with Crippen molar-refractivity contribution in [2.75, 3.05) is 46.2 Å². The van der Waals surface area contributed by atoms with Crippen LogP contribution in [0.25, 0.3) is 0 Å². The molecule has 7 N–H and O–H groups in total. The fraction of sp³-hybridized carbons (Fsp3) is 0.500. The molecule has 210 valence electrons. The van der Waals surface area contributed by atoms with E-state index in [1.165, 1.54) is 0 Å². The number of aliphatic carboxylic acids is 7. The van der Waals surface area contributed by atoms with E-state index in [0.29, 0.717) is 0 Å². The van der Waals surface area contributed by atoms with Crippen molar-refractivity contribution >= 4 is 41.8 Å². The summed E-state index contributed by atoms with van der Waals surface area (Å²) in [5, 5.41) is 115. The van der Waals surface area contributed by atoms with Crippen LogP contribution >= 0.6 is 0 Å². The Labute approximate surface area is 250 Å². The van der Waals surface area contributed by atoms with Crippen LogP contribution in [0.1, 0.15) is 0 Å². The van der Waals surface area contributed by atoms with E-state index in [9.17, 15) is 0 Å². The maximum atomic E-state index is 9.01. The minimum absolute atomic E-state index is 0. The fourth-order valence-corrected chi connectivity index (χ4v) is 0. The number of carboxylic acid groups (broad SMARTS) is 7. The van der Waals surface area contributed by atoms with Gasteiger partial charge in [-0.25, -0.2) is 0 Å². The van der Waals surface area contributed by atoms with Crippen molar-refractivity contribution in [2.45, 2.75) is 0 Å². The van der Waals surface area contributed by atoms with Gasteiger partial charge in [0.2, 0.25) is 0 Å². The van der Waals surface area contributed by atoms with E-state index in [1.54, 1.807) is 0 Å². The molecule has 0 aliphatic rings. The minimum Gasteiger partial charge on any atom is -0.548 e. The van der Waals surface area contributed by atoms with Crippen LogP contribution in [0.4, 0.5) is 0 Å². The molecule has 21 nitrogen and oxygen atoms in total. The summed E-state index contributed by atoms with van der Waals surface area (Å²) >= 11 is 0. The van der Waals surface area contributed by atoms with Gasteiger partial charge in [0, 0.05) is 0 Å². The first-order chi connectivity index (χ1) is 15.9. The molecule has 23 heteroatoms. The Balaban J connectivity index is -0.0000000350. The summed E-state index contributed by atoms with van der Waals surface area (Å²) in [6.45, 7) is -6.22. The molecule has 0 aromatic rings. The zero-order valence-electron chi connectivity index (χ0n) is 18.4. The molecular weight excluding hydrogens is 684 g/mol. The first-order valence-corrected chi connectivity index (χ1v) is 7.55. The van der Waals surface area contributed by atoms with Crippen LogP contribution in [0.5, 0.6) is 0 Å². The zero-order chi connectivity index (χ0) is 30.0. The van der Waals surface area contributed by atoms with Gasteiger partial charge in [-0.2, -0.15) is 0 Å². The maximum Gasteiger partial charge on any atom is 4.00 e. The Kier molecular flexibility index (Phi) is 88.6. The zero-order valence-corrected chi connectivity index (χ0v) is 23.7. The minimum atomic E-state index is -1.44. The Morgan fingerprint density at radius 2 is 0.351 bits per heavy atom. The molecule has 0 rings (SSSR count). The molecule has 0 radical (unpaired) electrons. The van der Waals surface area contributed by atoms with Gasteiger partial charge < -0.3 is 105 Å². The monoisotopic (exact) mass is 704 g/mol. The largest absolute Gasteiger partial charge is 4.00 e. The number of carbonyl (C=O) groups excluding carboxylic acids is 7. The van der Waals surface area contributed by atoms with Gasteiger partial charge in [-0.05, 0) is 0 Å². The van der Waals surface area contributed by atoms with E-state index in [1.807, 2.05) is 0 Å². The summed E-state index contributed by atoms with van der Waals surface area (Å²) in [5.41, 5.74) is 0. The molecule has 0 aliphatic heterocycles. The second-order valence-corrected chi connectivity index (χ2v) is 3.71. The SMILES string of the molecule is O=C([O-])CO.O=C([O-])CO.O=C([O-])CO.O=C([O-])CO.O=C([O-])CO.O=C([O-])CO.O=C([O-])CO.[Y+3].[Zr+4]. The molecule has 37 heavy (non-hydrogen) atoms. The summed E-state index contributed by atoms with van der Waals surface area (Å²) in [7, 11) is 0. The molecule has 0 heterocycles. The van der Waals surface area contributed by atoms with E-state index >= 15 is 0 Å². The Hall–Kier alpha value is -2.00. The van der Waals surface area contributed by atoms with E-state index < -0.39 is 88.0 Å². The summed E-state index contributed by atoms with van der Waals surface area (Å²) in [6.07, 6.45) is 0. The molecule has 0 unspecified atom stereocenters. The second-order valence-electron chi connectivity index (χ2n) is 3.71. The van der Waals surface area contributed by atoms with Crippen LogP contribution in [0.3, 0.4) is 0 Å². The van der Waals surface area contributed by atoms with Gasteiger partial charge in [0.25, 0.3) is 0 Å². The van der Waals surface area contributed by atoms with Gasteiger partial charge >= 0.3 is 58.9 Å². The van der Waals surface area contributed by atoms with Crippen LogP contribution in [-0.4, -0.2) is 124 Å². The number of carboxylic acids is 7. The Morgan fingerprint density at radius 3 is 0.351 bits per heavy atom. The number of hydrogen-bond acceptors (Lipinski definition) is 21. The predicted octanol–water partition coefficient (Wildman–Crippen LogP) is -15.9. The van der Waals surface area contributed by atoms with Crippen molar-refractivity contribution in [1.82, 2.24) is 0 Å². The van der Waals surface area contributed by atoms with Gasteiger partial charge in [-0.15, -0.1) is 0 Å². The molecule has 0 fully saturated rings. The van der Waals surface area contributed by atoms with E-state index in [4.69, 9.17) is 105 Å². The third-order valence-corrected chi connectivity index (χ3v) is 0.904. The molecule has 0 bridgehead atoms. The number of hydrogen-bond donors (Lipinski definition) is 7. The number of carbonyl (C=O) groups is 7. The van der Waals surface area contributed by atoms with Gasteiger partial charge in [0.15, 0.2) is 0 Å². The van der Waals surface area contributed by atoms with Gasteiger partial charge in [-0.3, -0.25) is 0 Å². The summed E-state index contributed by atoms with van der Waals surface area (Å²) in [4.78, 5) is 63.0. The van der Waals surface area contributed by atoms with Gasteiger partial charge in [0.05, 0.1) is 88.0 Å². The van der Waals surface area contributed by atoms with Gasteiger partial charge in [-0.1, -0.05) is 0 Å². The quantitative estimate of drug-likeness (QED) is 0.129. The standard InChI is InChI=1S/7C2H4O3.Y.Zr/c7*3-1-2(4)5;;/h7*3H,1H2,(H,4,5);;/q;;;;;;;+3;+4/p-7. The van der Waals surface area contributed by atoms with Gasteiger partial charge in [0.1, 0.15) is 0 Å². The average molecular weight is 705 g/mol. The normalized spacial score (nSPS) is 7.00. The smallest absolute Gasteiger partial charge is 0.548 e. The fourth-order valence-electron chi connectivity index (χ4n) is 0. The molecule has 0 amide bonds. The molecule has 0 aromatic heterocycles. The summed E-state index contributed by atoms with van der Waals surface area (Å²) in [5.74, 6) is -10.1. The number of aliphatic hydroxyl groups excluding tert-OH is 7. The van der Waals surface area contributed by atoms with Crippen LogP contribution < -0.4 is 35.7 Å². The molecule has 0 saturated carbocycles. The van der Waals surface area contributed by atoms with Crippen LogP contribution in [0.2, 0.25) is 0 Å². The second kappa shape index (κ2) is 54.8. The van der Waals surface area contributed by atoms with E-state index in [0.717, 1.165) is 0 Å². The first-order valence-electron chi connectivity index (χ1n) is 7.55. The predicted molar refractivity (Wildman–Crippen MR) is 84.6 cm³/mol. The molecule has 0 saturated heterocycles. The number of aliphatic hydroxyl groups is 7. The molecule has 0 aromatic carbocycles.